The van der Waals surface area contributed by atoms with Gasteiger partial charge in [-0.25, -0.2) is 9.97 Å². The van der Waals surface area contributed by atoms with Gasteiger partial charge in [-0.1, -0.05) is 30.6 Å². The van der Waals surface area contributed by atoms with Crippen LogP contribution in [-0.2, 0) is 6.54 Å². The van der Waals surface area contributed by atoms with Gasteiger partial charge in [0.05, 0.1) is 17.8 Å². The van der Waals surface area contributed by atoms with Crippen molar-refractivity contribution in [3.63, 3.8) is 0 Å². The summed E-state index contributed by atoms with van der Waals surface area (Å²) in [6, 6.07) is 0. The van der Waals surface area contributed by atoms with E-state index in [1.54, 1.807) is 0 Å². The van der Waals surface area contributed by atoms with E-state index in [1.165, 1.54) is 12.6 Å². The summed E-state index contributed by atoms with van der Waals surface area (Å²) in [7, 11) is 0. The van der Waals surface area contributed by atoms with E-state index in [-0.39, 0.29) is 23.2 Å². The minimum atomic E-state index is -0.404. The SMILES string of the molecule is CC(C)c1ncc(Cl)c(C(=O)NCc2ncon2)n1. The van der Waals surface area contributed by atoms with Crippen LogP contribution in [0.2, 0.25) is 5.02 Å². The highest BCUT2D eigenvalue weighted by atomic mass is 35.5. The topological polar surface area (TPSA) is 93.8 Å². The van der Waals surface area contributed by atoms with Crippen LogP contribution >= 0.6 is 11.6 Å². The van der Waals surface area contributed by atoms with Crippen LogP contribution in [0.3, 0.4) is 0 Å². The molecule has 2 heterocycles. The van der Waals surface area contributed by atoms with E-state index in [2.05, 4.69) is 29.9 Å². The average molecular weight is 282 g/mol. The molecule has 7 nitrogen and oxygen atoms in total. The molecule has 2 aromatic heterocycles. The first kappa shape index (κ1) is 13.4. The molecular formula is C11H12ClN5O2. The Balaban J connectivity index is 2.11. The Labute approximate surface area is 114 Å². The van der Waals surface area contributed by atoms with Gasteiger partial charge in [-0.05, 0) is 0 Å². The summed E-state index contributed by atoms with van der Waals surface area (Å²) in [6.07, 6.45) is 2.61. The number of nitrogens with zero attached hydrogens (tertiary/aromatic N) is 4. The van der Waals surface area contributed by atoms with Gasteiger partial charge in [-0.15, -0.1) is 0 Å². The number of aromatic nitrogens is 4. The lowest BCUT2D eigenvalue weighted by Crippen LogP contribution is -2.25. The molecule has 19 heavy (non-hydrogen) atoms. The Morgan fingerprint density at radius 3 is 2.89 bits per heavy atom. The van der Waals surface area contributed by atoms with Crippen molar-refractivity contribution >= 4 is 17.5 Å². The van der Waals surface area contributed by atoms with E-state index in [0.29, 0.717) is 11.6 Å². The Bertz CT molecular complexity index is 570. The molecule has 0 spiro atoms. The first-order chi connectivity index (χ1) is 9.08. The van der Waals surface area contributed by atoms with Crippen LogP contribution < -0.4 is 5.32 Å². The Morgan fingerprint density at radius 1 is 1.47 bits per heavy atom. The van der Waals surface area contributed by atoms with E-state index >= 15 is 0 Å². The van der Waals surface area contributed by atoms with Crippen LogP contribution in [0.15, 0.2) is 17.1 Å². The molecule has 2 aromatic rings. The highest BCUT2D eigenvalue weighted by Crippen LogP contribution is 2.16. The van der Waals surface area contributed by atoms with Gasteiger partial charge in [0, 0.05) is 5.92 Å². The monoisotopic (exact) mass is 281 g/mol. The molecule has 0 atom stereocenters. The number of rotatable bonds is 4. The van der Waals surface area contributed by atoms with Crippen molar-refractivity contribution in [2.75, 3.05) is 0 Å². The van der Waals surface area contributed by atoms with Gasteiger partial charge < -0.3 is 9.84 Å². The van der Waals surface area contributed by atoms with Crippen LogP contribution in [0.25, 0.3) is 0 Å². The molecule has 1 amide bonds. The molecule has 0 saturated carbocycles. The minimum Gasteiger partial charge on any atom is -0.343 e. The Hall–Kier alpha value is -2.02. The molecule has 0 unspecified atom stereocenters. The molecule has 0 radical (unpaired) electrons. The number of hydrogen-bond donors (Lipinski definition) is 1. The van der Waals surface area contributed by atoms with Crippen molar-refractivity contribution < 1.29 is 9.32 Å². The maximum Gasteiger partial charge on any atom is 0.271 e. The fourth-order valence-corrected chi connectivity index (χ4v) is 1.51. The third-order valence-electron chi connectivity index (χ3n) is 2.31. The fraction of sp³-hybridized carbons (Fsp3) is 0.364. The highest BCUT2D eigenvalue weighted by Gasteiger charge is 2.15. The molecule has 0 bridgehead atoms. The Kier molecular flexibility index (Phi) is 4.06. The molecule has 0 fully saturated rings. The molecule has 0 saturated heterocycles. The van der Waals surface area contributed by atoms with Gasteiger partial charge in [-0.3, -0.25) is 4.79 Å². The molecule has 2 rings (SSSR count). The van der Waals surface area contributed by atoms with Gasteiger partial charge in [-0.2, -0.15) is 4.98 Å². The zero-order valence-electron chi connectivity index (χ0n) is 10.4. The highest BCUT2D eigenvalue weighted by molar-refractivity contribution is 6.33. The predicted octanol–water partition coefficient (Wildman–Crippen LogP) is 1.57. The first-order valence-electron chi connectivity index (χ1n) is 5.63. The number of hydrogen-bond acceptors (Lipinski definition) is 6. The number of carbonyl (C=O) groups is 1. The molecule has 0 aromatic carbocycles. The summed E-state index contributed by atoms with van der Waals surface area (Å²) >= 11 is 5.92. The quantitative estimate of drug-likeness (QED) is 0.914. The van der Waals surface area contributed by atoms with Gasteiger partial charge in [0.15, 0.2) is 5.82 Å². The summed E-state index contributed by atoms with van der Waals surface area (Å²) in [5.74, 6) is 0.650. The summed E-state index contributed by atoms with van der Waals surface area (Å²) in [5, 5.41) is 6.40. The standard InChI is InChI=1S/C11H12ClN5O2/c1-6(2)10-13-3-7(12)9(16-10)11(18)14-4-8-15-5-19-17-8/h3,5-6H,4H2,1-2H3,(H,14,18). The predicted molar refractivity (Wildman–Crippen MR) is 66.6 cm³/mol. The second kappa shape index (κ2) is 5.75. The molecule has 0 aliphatic heterocycles. The summed E-state index contributed by atoms with van der Waals surface area (Å²) in [4.78, 5) is 24.0. The van der Waals surface area contributed by atoms with E-state index in [1.807, 2.05) is 13.8 Å². The van der Waals surface area contributed by atoms with Gasteiger partial charge in [0.2, 0.25) is 6.39 Å². The van der Waals surface area contributed by atoms with Crippen molar-refractivity contribution in [2.45, 2.75) is 26.3 Å². The largest absolute Gasteiger partial charge is 0.343 e. The zero-order valence-corrected chi connectivity index (χ0v) is 11.2. The lowest BCUT2D eigenvalue weighted by atomic mass is 10.2. The molecule has 0 aliphatic rings. The fourth-order valence-electron chi connectivity index (χ4n) is 1.33. The van der Waals surface area contributed by atoms with Crippen LogP contribution in [0.4, 0.5) is 0 Å². The van der Waals surface area contributed by atoms with Crippen molar-refractivity contribution in [3.8, 4) is 0 Å². The summed E-state index contributed by atoms with van der Waals surface area (Å²) in [5.41, 5.74) is 0.142. The molecule has 0 aliphatic carbocycles. The molecule has 100 valence electrons. The van der Waals surface area contributed by atoms with E-state index in [0.717, 1.165) is 0 Å². The third-order valence-corrected chi connectivity index (χ3v) is 2.58. The minimum absolute atomic E-state index is 0.112. The van der Waals surface area contributed by atoms with E-state index in [9.17, 15) is 4.79 Å². The van der Waals surface area contributed by atoms with E-state index in [4.69, 9.17) is 11.6 Å². The number of carbonyl (C=O) groups excluding carboxylic acids is 1. The van der Waals surface area contributed by atoms with Crippen LogP contribution in [0, 0.1) is 0 Å². The van der Waals surface area contributed by atoms with Crippen molar-refractivity contribution in [3.05, 3.63) is 35.0 Å². The number of halogens is 1. The number of amides is 1. The number of nitrogens with one attached hydrogen (secondary N) is 1. The maximum atomic E-state index is 12.0. The van der Waals surface area contributed by atoms with Crippen LogP contribution in [0.1, 0.15) is 41.9 Å². The first-order valence-corrected chi connectivity index (χ1v) is 6.01. The second-order valence-electron chi connectivity index (χ2n) is 4.11. The van der Waals surface area contributed by atoms with Gasteiger partial charge >= 0.3 is 0 Å². The summed E-state index contributed by atoms with van der Waals surface area (Å²) in [6.45, 7) is 4.02. The summed E-state index contributed by atoms with van der Waals surface area (Å²) < 4.78 is 4.56. The van der Waals surface area contributed by atoms with Gasteiger partial charge in [0.1, 0.15) is 11.5 Å². The Morgan fingerprint density at radius 2 is 2.26 bits per heavy atom. The average Bonchev–Trinajstić information content (AvgIpc) is 2.89. The van der Waals surface area contributed by atoms with Crippen LogP contribution in [-0.4, -0.2) is 26.0 Å². The second-order valence-corrected chi connectivity index (χ2v) is 4.52. The lowest BCUT2D eigenvalue weighted by molar-refractivity contribution is 0.0944. The van der Waals surface area contributed by atoms with Crippen molar-refractivity contribution in [1.29, 1.82) is 0 Å². The molecule has 1 N–H and O–H groups in total. The molecule has 8 heteroatoms. The normalized spacial score (nSPS) is 10.7. The molecular weight excluding hydrogens is 270 g/mol. The lowest BCUT2D eigenvalue weighted by Gasteiger charge is -2.07. The smallest absolute Gasteiger partial charge is 0.271 e. The maximum absolute atomic E-state index is 12.0. The van der Waals surface area contributed by atoms with Crippen LogP contribution in [0.5, 0.6) is 0 Å². The van der Waals surface area contributed by atoms with Crippen molar-refractivity contribution in [2.24, 2.45) is 0 Å². The third kappa shape index (κ3) is 3.25. The van der Waals surface area contributed by atoms with Gasteiger partial charge in [0.25, 0.3) is 5.91 Å². The van der Waals surface area contributed by atoms with Crippen molar-refractivity contribution in [1.82, 2.24) is 25.4 Å². The van der Waals surface area contributed by atoms with E-state index < -0.39 is 5.91 Å². The zero-order chi connectivity index (χ0) is 13.8.